The van der Waals surface area contributed by atoms with Gasteiger partial charge < -0.3 is 9.80 Å². The Bertz CT molecular complexity index is 6680. The number of ketones is 6. The number of carbonyl (C=O) groups excluding carboxylic acids is 6. The second-order valence-corrected chi connectivity index (χ2v) is 41.3. The molecule has 0 bridgehead atoms. The van der Waals surface area contributed by atoms with Crippen molar-refractivity contribution in [2.24, 2.45) is 0 Å². The summed E-state index contributed by atoms with van der Waals surface area (Å²) < 4.78 is 214. The Kier molecular flexibility index (Phi) is 41.8. The summed E-state index contributed by atoms with van der Waals surface area (Å²) in [5.41, 5.74) is 5.60. The van der Waals surface area contributed by atoms with E-state index in [1.165, 1.54) is 146 Å². The lowest BCUT2D eigenvalue weighted by Crippen LogP contribution is -2.14. The van der Waals surface area contributed by atoms with Gasteiger partial charge in [0, 0.05) is 106 Å². The van der Waals surface area contributed by atoms with Gasteiger partial charge in [-0.2, -0.15) is 75.8 Å². The van der Waals surface area contributed by atoms with Gasteiger partial charge in [0.1, 0.15) is 33.1 Å². The molecule has 0 spiro atoms. The summed E-state index contributed by atoms with van der Waals surface area (Å²) in [6.07, 6.45) is 0. The quantitative estimate of drug-likeness (QED) is 0.0106. The minimum atomic E-state index is -4.08. The van der Waals surface area contributed by atoms with Crippen molar-refractivity contribution in [3.8, 4) is 0 Å². The van der Waals surface area contributed by atoms with E-state index in [0.29, 0.717) is 44.8 Å². The summed E-state index contributed by atoms with van der Waals surface area (Å²) in [7, 11) is -15.6. The molecule has 0 aliphatic carbocycles. The smallest absolute Gasteiger partial charge is 0.264 e. The van der Waals surface area contributed by atoms with Gasteiger partial charge in [-0.3, -0.25) is 57.1 Å². The number of sulfonamides is 6. The number of hydrogen-bond donors (Lipinski definition) is 12. The van der Waals surface area contributed by atoms with Crippen molar-refractivity contribution in [2.45, 2.75) is 29.4 Å². The van der Waals surface area contributed by atoms with Crippen LogP contribution in [0.3, 0.4) is 0 Å². The molecule has 0 saturated heterocycles. The number of Topliss-reactive ketones (excluding diaryl/α,β-unsaturated/α-hetero) is 6. The molecule has 0 fully saturated rings. The molecule has 26 nitrogen and oxygen atoms in total. The van der Waals surface area contributed by atoms with Crippen LogP contribution >= 0.6 is 122 Å². The molecule has 0 aliphatic rings. The van der Waals surface area contributed by atoms with Crippen LogP contribution in [0.25, 0.3) is 0 Å². The van der Waals surface area contributed by atoms with Crippen LogP contribution in [0.2, 0.25) is 20.1 Å². The fraction of sp³-hybridized carbons (Fsp3) is 0.114. The molecule has 134 heavy (non-hydrogen) atoms. The molecule has 0 aromatic heterocycles. The number of carbonyl (C=O) groups is 6. The molecule has 0 atom stereocenters. The van der Waals surface area contributed by atoms with Gasteiger partial charge in [0.25, 0.3) is 60.1 Å². The van der Waals surface area contributed by atoms with E-state index >= 15 is 0 Å². The number of hydrogen-bond acceptors (Lipinski definition) is 26. The summed E-state index contributed by atoms with van der Waals surface area (Å²) in [6.45, 7) is 0. The fourth-order valence-corrected chi connectivity index (χ4v) is 19.4. The predicted octanol–water partition coefficient (Wildman–Crippen LogP) is 18.9. The minimum Gasteiger partial charge on any atom is -0.378 e. The van der Waals surface area contributed by atoms with E-state index in [4.69, 9.17) is 46.4 Å². The summed E-state index contributed by atoms with van der Waals surface area (Å²) in [5, 5.41) is 0.000886. The zero-order chi connectivity index (χ0) is 99.4. The van der Waals surface area contributed by atoms with Crippen LogP contribution in [0.5, 0.6) is 0 Å². The first-order valence-corrected chi connectivity index (χ1v) is 52.2. The molecule has 0 aliphatic heterocycles. The molecule has 0 radical (unpaired) electrons. The Labute approximate surface area is 825 Å². The lowest BCUT2D eigenvalue weighted by molar-refractivity contribution is 0.101. The summed E-state index contributed by atoms with van der Waals surface area (Å²) in [4.78, 5) is 72.0. The first kappa shape index (κ1) is 111. The number of benzene rings is 12. The molecule has 0 amide bonds. The molecule has 0 saturated carbocycles. The topological polar surface area (TPSA) is 386 Å². The SMILES string of the molecule is CN(C)c1ccc(NS(=O)(=O)c2ccc(C(=O)CS)cc2)cc1.CN(C)c1ccc(S(=O)(=O)Nc2ccc(C(=O)CS)cc2)cc1.O=C(CS)c1ccc(NS(=O)(=O)c2ccc(Cl)cc2F)cc1.O=C(CS)c1ccc(NS(=O)(=O)c2ccc(F)cc2Cl)cc1.O=C(CS)c1ccc(S(=O)(=O)Nc2ccc(Cl)cc2F)cc1.O=C(CS)c1ccc(S(=O)(=O)Nc2ccc(F)cc2Cl)cc1. The van der Waals surface area contributed by atoms with Gasteiger partial charge in [-0.05, 0) is 231 Å². The van der Waals surface area contributed by atoms with Crippen molar-refractivity contribution in [3.05, 3.63) is 344 Å². The summed E-state index contributed by atoms with van der Waals surface area (Å²) >= 11 is 46.1. The number of nitrogens with zero attached hydrogens (tertiary/aromatic N) is 2. The number of rotatable bonds is 32. The van der Waals surface area contributed by atoms with Crippen molar-refractivity contribution in [1.82, 2.24) is 0 Å². The van der Waals surface area contributed by atoms with Crippen LogP contribution in [0.4, 0.5) is 63.1 Å². The van der Waals surface area contributed by atoms with Gasteiger partial charge >= 0.3 is 0 Å². The van der Waals surface area contributed by atoms with E-state index < -0.39 is 88.3 Å². The number of anilines is 8. The van der Waals surface area contributed by atoms with E-state index in [1.807, 2.05) is 50.1 Å². The van der Waals surface area contributed by atoms with Gasteiger partial charge in [0.2, 0.25) is 0 Å². The van der Waals surface area contributed by atoms with E-state index in [1.54, 1.807) is 60.7 Å². The Balaban J connectivity index is 0.000000219. The highest BCUT2D eigenvalue weighted by molar-refractivity contribution is 7.94. The van der Waals surface area contributed by atoms with E-state index in [0.717, 1.165) is 59.9 Å². The number of halogens is 8. The van der Waals surface area contributed by atoms with Crippen molar-refractivity contribution in [2.75, 3.05) is 101 Å². The van der Waals surface area contributed by atoms with Crippen molar-refractivity contribution >= 4 is 263 Å². The summed E-state index contributed by atoms with van der Waals surface area (Å²) in [5.74, 6) is -3.56. The molecular formula is C88H80Cl4F4N8O18S12. The van der Waals surface area contributed by atoms with Crippen molar-refractivity contribution in [3.63, 3.8) is 0 Å². The molecular weight excluding hydrogens is 2060 g/mol. The average molecular weight is 2140 g/mol. The van der Waals surface area contributed by atoms with Crippen LogP contribution < -0.4 is 38.1 Å². The average Bonchev–Trinajstić information content (AvgIpc) is 0.808. The van der Waals surface area contributed by atoms with Crippen LogP contribution in [-0.2, 0) is 60.1 Å². The lowest BCUT2D eigenvalue weighted by Gasteiger charge is -2.13. The molecule has 12 rings (SSSR count). The lowest BCUT2D eigenvalue weighted by atomic mass is 10.1. The zero-order valence-corrected chi connectivity index (χ0v) is 83.3. The van der Waals surface area contributed by atoms with Gasteiger partial charge in [0.05, 0.1) is 75.5 Å². The Morgan fingerprint density at radius 2 is 0.493 bits per heavy atom. The molecule has 6 N–H and O–H groups in total. The van der Waals surface area contributed by atoms with Gasteiger partial charge in [-0.25, -0.2) is 68.1 Å². The van der Waals surface area contributed by atoms with E-state index in [2.05, 4.69) is 104 Å². The van der Waals surface area contributed by atoms with Gasteiger partial charge in [-0.1, -0.05) is 82.8 Å². The molecule has 0 heterocycles. The Hall–Kier alpha value is -10.3. The maximum absolute atomic E-state index is 13.7. The van der Waals surface area contributed by atoms with Crippen LogP contribution in [0.15, 0.2) is 296 Å². The molecule has 12 aromatic rings. The van der Waals surface area contributed by atoms with Crippen molar-refractivity contribution in [1.29, 1.82) is 0 Å². The zero-order valence-electron chi connectivity index (χ0n) is 70.0. The maximum Gasteiger partial charge on any atom is 0.264 e. The highest BCUT2D eigenvalue weighted by Gasteiger charge is 2.25. The van der Waals surface area contributed by atoms with Crippen LogP contribution in [-0.4, -0.2) is 148 Å². The summed E-state index contributed by atoms with van der Waals surface area (Å²) in [6, 6.07) is 61.3. The van der Waals surface area contributed by atoms with Gasteiger partial charge in [0.15, 0.2) is 34.7 Å². The Morgan fingerprint density at radius 3 is 0.784 bits per heavy atom. The first-order chi connectivity index (χ1) is 63.0. The molecule has 0 unspecified atom stereocenters. The largest absolute Gasteiger partial charge is 0.378 e. The third-order valence-corrected chi connectivity index (χ3v) is 29.1. The monoisotopic (exact) mass is 2140 g/mol. The first-order valence-electron chi connectivity index (χ1n) is 38.0. The fourth-order valence-electron chi connectivity index (χ4n) is 10.7. The maximum atomic E-state index is 13.7. The van der Waals surface area contributed by atoms with Crippen LogP contribution in [0.1, 0.15) is 62.1 Å². The minimum absolute atomic E-state index is 0.0281. The molecule has 46 heteroatoms. The standard InChI is InChI=1S/2C16H18N2O3S2.4C14H11ClFNO3S2/c1-18(2)14-7-5-13(6-8-14)17-23(20,21)15-9-3-12(4-10-15)16(19)11-22;1-18(2)14-7-9-15(10-8-14)23(20,21)17-13-5-3-12(4-6-13)16(19)11-22;15-12-7-10(16)3-6-14(12)22(19,20)17-11-4-1-9(2-5-11)13(18)8-21;15-10-3-6-14(12(16)7-10)22(19,20)17-11-4-1-9(2-5-11)13(18)8-21;15-12-7-10(16)3-6-13(12)17-22(19,20)11-4-1-9(2-5-11)14(18)8-21;15-10-3-6-13(12(16)7-10)17-22(19,20)11-4-1-9(2-5-11)14(18)8-21/h2*3-10,17,22H,11H2,1-2H3;4*1-7,17,21H,8H2. The second kappa shape index (κ2) is 50.5. The third-order valence-electron chi connectivity index (χ3n) is 17.7. The molecule has 12 aromatic carbocycles. The highest BCUT2D eigenvalue weighted by Crippen LogP contribution is 2.31. The van der Waals surface area contributed by atoms with Gasteiger partial charge in [-0.15, -0.1) is 0 Å². The third kappa shape index (κ3) is 33.0. The second-order valence-electron chi connectivity index (χ2n) is 27.7. The number of nitrogens with one attached hydrogen (secondary N) is 6. The van der Waals surface area contributed by atoms with E-state index in [9.17, 15) is 96.8 Å². The Morgan fingerprint density at radius 1 is 0.261 bits per heavy atom. The molecule has 708 valence electrons. The normalized spacial score (nSPS) is 11.2. The predicted molar refractivity (Wildman–Crippen MR) is 540 cm³/mol. The van der Waals surface area contributed by atoms with E-state index in [-0.39, 0.29) is 137 Å². The van der Waals surface area contributed by atoms with Crippen molar-refractivity contribution < 1.29 is 96.8 Å². The number of thiol groups is 6. The van der Waals surface area contributed by atoms with Crippen LogP contribution in [0, 0.1) is 23.3 Å². The highest BCUT2D eigenvalue weighted by atomic mass is 35.5.